The maximum absolute atomic E-state index is 13.6. The molecule has 1 saturated heterocycles. The van der Waals surface area contributed by atoms with Crippen molar-refractivity contribution >= 4 is 11.6 Å². The highest BCUT2D eigenvalue weighted by Crippen LogP contribution is 2.17. The zero-order valence-electron chi connectivity index (χ0n) is 12.6. The molecule has 0 bridgehead atoms. The Bertz CT molecular complexity index is 664. The van der Waals surface area contributed by atoms with Crippen molar-refractivity contribution in [2.45, 2.75) is 6.92 Å². The van der Waals surface area contributed by atoms with E-state index in [-0.39, 0.29) is 11.7 Å². The van der Waals surface area contributed by atoms with Crippen LogP contribution in [-0.4, -0.2) is 37.0 Å². The van der Waals surface area contributed by atoms with E-state index in [4.69, 9.17) is 0 Å². The minimum absolute atomic E-state index is 0.0911. The summed E-state index contributed by atoms with van der Waals surface area (Å²) in [6, 6.07) is 14.9. The number of anilines is 1. The third kappa shape index (κ3) is 2.96. The van der Waals surface area contributed by atoms with Gasteiger partial charge in [-0.25, -0.2) is 4.39 Å². The van der Waals surface area contributed by atoms with E-state index in [1.165, 1.54) is 11.8 Å². The Morgan fingerprint density at radius 2 is 1.68 bits per heavy atom. The number of hydrogen-bond acceptors (Lipinski definition) is 2. The summed E-state index contributed by atoms with van der Waals surface area (Å²) >= 11 is 0. The van der Waals surface area contributed by atoms with Crippen molar-refractivity contribution < 1.29 is 9.18 Å². The van der Waals surface area contributed by atoms with Crippen LogP contribution >= 0.6 is 0 Å². The van der Waals surface area contributed by atoms with Gasteiger partial charge in [-0.3, -0.25) is 4.79 Å². The number of rotatable bonds is 2. The Morgan fingerprint density at radius 1 is 1.00 bits per heavy atom. The van der Waals surface area contributed by atoms with Gasteiger partial charge in [-0.15, -0.1) is 0 Å². The molecule has 3 rings (SSSR count). The second kappa shape index (κ2) is 6.18. The van der Waals surface area contributed by atoms with Crippen LogP contribution in [0, 0.1) is 12.7 Å². The first kappa shape index (κ1) is 14.6. The lowest BCUT2D eigenvalue weighted by molar-refractivity contribution is 0.0746. The summed E-state index contributed by atoms with van der Waals surface area (Å²) in [7, 11) is 0. The minimum atomic E-state index is -0.325. The zero-order valence-corrected chi connectivity index (χ0v) is 12.6. The van der Waals surface area contributed by atoms with Gasteiger partial charge in [-0.05, 0) is 36.8 Å². The van der Waals surface area contributed by atoms with Crippen LogP contribution in [0.15, 0.2) is 48.5 Å². The fourth-order valence-electron chi connectivity index (χ4n) is 2.72. The van der Waals surface area contributed by atoms with Crippen LogP contribution in [0.3, 0.4) is 0 Å². The van der Waals surface area contributed by atoms with E-state index in [1.807, 2.05) is 18.2 Å². The molecule has 0 unspecified atom stereocenters. The highest BCUT2D eigenvalue weighted by atomic mass is 19.1. The third-order valence-electron chi connectivity index (χ3n) is 4.11. The highest BCUT2D eigenvalue weighted by Gasteiger charge is 2.22. The molecule has 0 radical (unpaired) electrons. The van der Waals surface area contributed by atoms with E-state index in [1.54, 1.807) is 24.0 Å². The lowest BCUT2D eigenvalue weighted by atomic mass is 10.1. The summed E-state index contributed by atoms with van der Waals surface area (Å²) in [5.74, 6) is -0.416. The van der Waals surface area contributed by atoms with Gasteiger partial charge in [0, 0.05) is 37.4 Å². The lowest BCUT2D eigenvalue weighted by Gasteiger charge is -2.36. The molecular formula is C18H19FN2O. The fraction of sp³-hybridized carbons (Fsp3) is 0.278. The number of carbonyl (C=O) groups excluding carboxylic acids is 1. The summed E-state index contributed by atoms with van der Waals surface area (Å²) in [5.41, 5.74) is 2.16. The number of halogens is 1. The molecule has 1 amide bonds. The average Bonchev–Trinajstić information content (AvgIpc) is 2.58. The van der Waals surface area contributed by atoms with Gasteiger partial charge in [0.25, 0.3) is 5.91 Å². The lowest BCUT2D eigenvalue weighted by Crippen LogP contribution is -2.48. The monoisotopic (exact) mass is 298 g/mol. The van der Waals surface area contributed by atoms with E-state index in [0.717, 1.165) is 13.1 Å². The van der Waals surface area contributed by atoms with Crippen LogP contribution in [0.4, 0.5) is 10.1 Å². The molecule has 2 aromatic rings. The molecule has 1 aliphatic heterocycles. The Hall–Kier alpha value is -2.36. The molecule has 22 heavy (non-hydrogen) atoms. The molecule has 0 N–H and O–H groups in total. The Labute approximate surface area is 130 Å². The minimum Gasteiger partial charge on any atom is -0.368 e. The summed E-state index contributed by atoms with van der Waals surface area (Å²) in [4.78, 5) is 16.5. The van der Waals surface area contributed by atoms with Crippen molar-refractivity contribution in [3.63, 3.8) is 0 Å². The predicted octanol–water partition coefficient (Wildman–Crippen LogP) is 3.10. The molecule has 3 nitrogen and oxygen atoms in total. The van der Waals surface area contributed by atoms with Crippen molar-refractivity contribution in [1.29, 1.82) is 0 Å². The Kier molecular flexibility index (Phi) is 4.09. The number of benzene rings is 2. The van der Waals surface area contributed by atoms with Crippen molar-refractivity contribution in [3.05, 3.63) is 65.5 Å². The molecule has 1 heterocycles. The number of amides is 1. The maximum Gasteiger partial charge on any atom is 0.254 e. The van der Waals surface area contributed by atoms with E-state index < -0.39 is 0 Å². The van der Waals surface area contributed by atoms with Crippen molar-refractivity contribution in [1.82, 2.24) is 4.90 Å². The Balaban J connectivity index is 1.66. The quantitative estimate of drug-likeness (QED) is 0.850. The second-order valence-electron chi connectivity index (χ2n) is 5.58. The van der Waals surface area contributed by atoms with Crippen LogP contribution in [0.25, 0.3) is 0 Å². The molecule has 0 atom stereocenters. The first-order valence-corrected chi connectivity index (χ1v) is 7.50. The normalized spacial score (nSPS) is 15.0. The summed E-state index contributed by atoms with van der Waals surface area (Å²) in [5, 5.41) is 0. The van der Waals surface area contributed by atoms with Gasteiger partial charge in [-0.2, -0.15) is 0 Å². The van der Waals surface area contributed by atoms with Gasteiger partial charge < -0.3 is 9.80 Å². The summed E-state index contributed by atoms with van der Waals surface area (Å²) < 4.78 is 13.6. The number of hydrogen-bond donors (Lipinski definition) is 0. The van der Waals surface area contributed by atoms with Crippen molar-refractivity contribution in [2.75, 3.05) is 31.1 Å². The van der Waals surface area contributed by atoms with Gasteiger partial charge in [0.15, 0.2) is 0 Å². The van der Waals surface area contributed by atoms with Gasteiger partial charge in [0.05, 0.1) is 0 Å². The highest BCUT2D eigenvalue weighted by molar-refractivity contribution is 5.94. The van der Waals surface area contributed by atoms with Crippen LogP contribution < -0.4 is 4.90 Å². The van der Waals surface area contributed by atoms with E-state index in [9.17, 15) is 9.18 Å². The average molecular weight is 298 g/mol. The van der Waals surface area contributed by atoms with E-state index in [0.29, 0.717) is 24.2 Å². The zero-order chi connectivity index (χ0) is 15.5. The SMILES string of the molecule is Cc1ccc(C(=O)N2CCN(c3ccccc3)CC2)cc1F. The molecule has 0 aliphatic carbocycles. The molecule has 2 aromatic carbocycles. The largest absolute Gasteiger partial charge is 0.368 e. The van der Waals surface area contributed by atoms with E-state index in [2.05, 4.69) is 17.0 Å². The summed E-state index contributed by atoms with van der Waals surface area (Å²) in [6.07, 6.45) is 0. The van der Waals surface area contributed by atoms with Crippen molar-refractivity contribution in [2.24, 2.45) is 0 Å². The molecule has 0 spiro atoms. The standard InChI is InChI=1S/C18H19FN2O/c1-14-7-8-15(13-17(14)19)18(22)21-11-9-20(10-12-21)16-5-3-2-4-6-16/h2-8,13H,9-12H2,1H3. The van der Waals surface area contributed by atoms with Crippen LogP contribution in [0.5, 0.6) is 0 Å². The van der Waals surface area contributed by atoms with Gasteiger partial charge >= 0.3 is 0 Å². The third-order valence-corrected chi connectivity index (χ3v) is 4.11. The molecule has 0 saturated carbocycles. The summed E-state index contributed by atoms with van der Waals surface area (Å²) in [6.45, 7) is 4.60. The second-order valence-corrected chi connectivity index (χ2v) is 5.58. The van der Waals surface area contributed by atoms with Gasteiger partial charge in [0.2, 0.25) is 0 Å². The van der Waals surface area contributed by atoms with Gasteiger partial charge in [0.1, 0.15) is 5.82 Å². The molecule has 0 aromatic heterocycles. The first-order chi connectivity index (χ1) is 10.6. The van der Waals surface area contributed by atoms with E-state index >= 15 is 0 Å². The predicted molar refractivity (Wildman–Crippen MR) is 85.7 cm³/mol. The number of nitrogens with zero attached hydrogens (tertiary/aromatic N) is 2. The van der Waals surface area contributed by atoms with Crippen LogP contribution in [-0.2, 0) is 0 Å². The van der Waals surface area contributed by atoms with Crippen LogP contribution in [0.1, 0.15) is 15.9 Å². The molecular weight excluding hydrogens is 279 g/mol. The van der Waals surface area contributed by atoms with Crippen LogP contribution in [0.2, 0.25) is 0 Å². The van der Waals surface area contributed by atoms with Crippen molar-refractivity contribution in [3.8, 4) is 0 Å². The number of para-hydroxylation sites is 1. The maximum atomic E-state index is 13.6. The van der Waals surface area contributed by atoms with Gasteiger partial charge in [-0.1, -0.05) is 24.3 Å². The molecule has 1 fully saturated rings. The number of aryl methyl sites for hydroxylation is 1. The number of carbonyl (C=O) groups is 1. The molecule has 114 valence electrons. The molecule has 1 aliphatic rings. The first-order valence-electron chi connectivity index (χ1n) is 7.50. The number of piperazine rings is 1. The smallest absolute Gasteiger partial charge is 0.254 e. The molecule has 4 heteroatoms. The Morgan fingerprint density at radius 3 is 2.32 bits per heavy atom. The fourth-order valence-corrected chi connectivity index (χ4v) is 2.72. The topological polar surface area (TPSA) is 23.6 Å².